The summed E-state index contributed by atoms with van der Waals surface area (Å²) in [6.45, 7) is 5.35. The molecule has 4 nitrogen and oxygen atoms in total. The molecule has 0 bridgehead atoms. The lowest BCUT2D eigenvalue weighted by Crippen LogP contribution is -2.50. The topological polar surface area (TPSA) is 41.6 Å². The van der Waals surface area contributed by atoms with Crippen molar-refractivity contribution < 1.29 is 9.53 Å². The van der Waals surface area contributed by atoms with Gasteiger partial charge in [0, 0.05) is 13.7 Å². The molecule has 1 N–H and O–H groups in total. The number of carbonyl (C=O) groups is 1. The van der Waals surface area contributed by atoms with Gasteiger partial charge in [0.05, 0.1) is 12.6 Å². The van der Waals surface area contributed by atoms with Crippen LogP contribution in [0.4, 0.5) is 0 Å². The largest absolute Gasteiger partial charge is 0.383 e. The molecule has 0 aromatic carbocycles. The lowest BCUT2D eigenvalue weighted by molar-refractivity contribution is -0.127. The molecular formula is C12H23N2O2. The van der Waals surface area contributed by atoms with Crippen LogP contribution < -0.4 is 5.32 Å². The molecule has 1 radical (unpaired) electrons. The molecule has 0 aromatic rings. The molecule has 1 saturated heterocycles. The molecule has 1 unspecified atom stereocenters. The molecule has 1 aliphatic heterocycles. The van der Waals surface area contributed by atoms with E-state index in [0.717, 1.165) is 32.4 Å². The van der Waals surface area contributed by atoms with Crippen molar-refractivity contribution in [1.82, 2.24) is 10.2 Å². The first-order chi connectivity index (χ1) is 7.79. The van der Waals surface area contributed by atoms with Gasteiger partial charge in [-0.3, -0.25) is 9.69 Å². The van der Waals surface area contributed by atoms with Crippen molar-refractivity contribution in [2.24, 2.45) is 0 Å². The van der Waals surface area contributed by atoms with Crippen molar-refractivity contribution in [3.05, 3.63) is 6.42 Å². The molecule has 0 aromatic heterocycles. The summed E-state index contributed by atoms with van der Waals surface area (Å²) < 4.78 is 4.92. The van der Waals surface area contributed by atoms with Crippen LogP contribution >= 0.6 is 0 Å². The quantitative estimate of drug-likeness (QED) is 0.683. The molecule has 4 heteroatoms. The van der Waals surface area contributed by atoms with Crippen LogP contribution in [0.2, 0.25) is 0 Å². The zero-order valence-electron chi connectivity index (χ0n) is 10.4. The van der Waals surface area contributed by atoms with Crippen LogP contribution in [0, 0.1) is 6.42 Å². The van der Waals surface area contributed by atoms with Gasteiger partial charge in [-0.2, -0.15) is 0 Å². The minimum Gasteiger partial charge on any atom is -0.383 e. The summed E-state index contributed by atoms with van der Waals surface area (Å²) in [5, 5.41) is 2.92. The second-order valence-corrected chi connectivity index (χ2v) is 4.15. The number of nitrogens with one attached hydrogen (secondary N) is 1. The molecule has 1 heterocycles. The van der Waals surface area contributed by atoms with Gasteiger partial charge in [-0.05, 0) is 38.8 Å². The number of rotatable bonds is 6. The van der Waals surface area contributed by atoms with Crippen LogP contribution in [-0.4, -0.2) is 50.2 Å². The van der Waals surface area contributed by atoms with Crippen molar-refractivity contribution in [1.29, 1.82) is 0 Å². The highest BCUT2D eigenvalue weighted by Gasteiger charge is 2.27. The van der Waals surface area contributed by atoms with Crippen molar-refractivity contribution in [3.63, 3.8) is 0 Å². The van der Waals surface area contributed by atoms with E-state index >= 15 is 0 Å². The molecule has 0 saturated carbocycles. The van der Waals surface area contributed by atoms with Gasteiger partial charge in [0.1, 0.15) is 0 Å². The fourth-order valence-corrected chi connectivity index (χ4v) is 2.06. The molecule has 0 spiro atoms. The second kappa shape index (κ2) is 7.63. The van der Waals surface area contributed by atoms with E-state index in [1.165, 1.54) is 0 Å². The third kappa shape index (κ3) is 4.10. The number of nitrogens with zero attached hydrogens (tertiary/aromatic N) is 1. The summed E-state index contributed by atoms with van der Waals surface area (Å²) in [6, 6.07) is 0.0329. The number of piperidine rings is 1. The standard InChI is InChI=1S/C12H23N2O2/c1-3-8-14-9-5-4-6-11(14)12(15)13-7-10-16-2/h4,11H,3,5-10H2,1-2H3,(H,13,15). The Balaban J connectivity index is 2.37. The summed E-state index contributed by atoms with van der Waals surface area (Å²) in [7, 11) is 1.64. The first kappa shape index (κ1) is 13.5. The maximum absolute atomic E-state index is 11.9. The van der Waals surface area contributed by atoms with Gasteiger partial charge >= 0.3 is 0 Å². The molecular weight excluding hydrogens is 204 g/mol. The number of hydrogen-bond donors (Lipinski definition) is 1. The Morgan fingerprint density at radius 3 is 3.12 bits per heavy atom. The highest BCUT2D eigenvalue weighted by atomic mass is 16.5. The Morgan fingerprint density at radius 2 is 2.44 bits per heavy atom. The minimum atomic E-state index is 0.0329. The van der Waals surface area contributed by atoms with Crippen LogP contribution in [0.3, 0.4) is 0 Å². The van der Waals surface area contributed by atoms with Gasteiger partial charge in [-0.25, -0.2) is 0 Å². The number of carbonyl (C=O) groups excluding carboxylic acids is 1. The van der Waals surface area contributed by atoms with E-state index in [0.29, 0.717) is 13.2 Å². The predicted molar refractivity (Wildman–Crippen MR) is 64.1 cm³/mol. The Morgan fingerprint density at radius 1 is 1.62 bits per heavy atom. The highest BCUT2D eigenvalue weighted by Crippen LogP contribution is 2.16. The molecule has 16 heavy (non-hydrogen) atoms. The molecule has 1 amide bonds. The first-order valence-corrected chi connectivity index (χ1v) is 6.12. The van der Waals surface area contributed by atoms with Crippen LogP contribution in [0.15, 0.2) is 0 Å². The lowest BCUT2D eigenvalue weighted by atomic mass is 10.0. The Kier molecular flexibility index (Phi) is 6.42. The molecule has 1 aliphatic rings. The normalized spacial score (nSPS) is 22.0. The van der Waals surface area contributed by atoms with E-state index < -0.39 is 0 Å². The number of ether oxygens (including phenoxy) is 1. The van der Waals surface area contributed by atoms with Gasteiger partial charge in [0.2, 0.25) is 5.91 Å². The van der Waals surface area contributed by atoms with Crippen molar-refractivity contribution in [3.8, 4) is 0 Å². The average Bonchev–Trinajstić information content (AvgIpc) is 2.30. The first-order valence-electron chi connectivity index (χ1n) is 6.12. The van der Waals surface area contributed by atoms with E-state index in [-0.39, 0.29) is 11.9 Å². The predicted octanol–water partition coefficient (Wildman–Crippen LogP) is 0.828. The molecule has 93 valence electrons. The van der Waals surface area contributed by atoms with E-state index in [2.05, 4.69) is 23.6 Å². The second-order valence-electron chi connectivity index (χ2n) is 4.15. The van der Waals surface area contributed by atoms with Crippen molar-refractivity contribution in [2.45, 2.75) is 32.2 Å². The zero-order valence-corrected chi connectivity index (χ0v) is 10.4. The maximum Gasteiger partial charge on any atom is 0.237 e. The number of methoxy groups -OCH3 is 1. The van der Waals surface area contributed by atoms with Gasteiger partial charge < -0.3 is 10.1 Å². The third-order valence-electron chi connectivity index (χ3n) is 2.87. The Labute approximate surface area is 98.3 Å². The lowest BCUT2D eigenvalue weighted by Gasteiger charge is -2.34. The molecule has 1 atom stereocenters. The summed E-state index contributed by atoms with van der Waals surface area (Å²) in [6.07, 6.45) is 5.29. The van der Waals surface area contributed by atoms with Crippen LogP contribution in [-0.2, 0) is 9.53 Å². The van der Waals surface area contributed by atoms with Gasteiger partial charge in [-0.15, -0.1) is 0 Å². The van der Waals surface area contributed by atoms with E-state index in [9.17, 15) is 4.79 Å². The van der Waals surface area contributed by atoms with Crippen molar-refractivity contribution >= 4 is 5.91 Å². The van der Waals surface area contributed by atoms with Gasteiger partial charge in [0.25, 0.3) is 0 Å². The average molecular weight is 227 g/mol. The van der Waals surface area contributed by atoms with Crippen molar-refractivity contribution in [2.75, 3.05) is 33.4 Å². The van der Waals surface area contributed by atoms with E-state index in [4.69, 9.17) is 4.74 Å². The smallest absolute Gasteiger partial charge is 0.237 e. The highest BCUT2D eigenvalue weighted by molar-refractivity contribution is 5.82. The zero-order chi connectivity index (χ0) is 11.8. The van der Waals surface area contributed by atoms with Crippen LogP contribution in [0.25, 0.3) is 0 Å². The van der Waals surface area contributed by atoms with Gasteiger partial charge in [-0.1, -0.05) is 6.92 Å². The summed E-state index contributed by atoms with van der Waals surface area (Å²) >= 11 is 0. The third-order valence-corrected chi connectivity index (χ3v) is 2.87. The Hall–Kier alpha value is -0.610. The summed E-state index contributed by atoms with van der Waals surface area (Å²) in [5.41, 5.74) is 0. The van der Waals surface area contributed by atoms with E-state index in [1.54, 1.807) is 7.11 Å². The fraction of sp³-hybridized carbons (Fsp3) is 0.833. The van der Waals surface area contributed by atoms with Gasteiger partial charge in [0.15, 0.2) is 0 Å². The number of likely N-dealkylation sites (tertiary alicyclic amines) is 1. The molecule has 1 rings (SSSR count). The fourth-order valence-electron chi connectivity index (χ4n) is 2.06. The number of hydrogen-bond acceptors (Lipinski definition) is 3. The monoisotopic (exact) mass is 227 g/mol. The molecule has 1 fully saturated rings. The minimum absolute atomic E-state index is 0.0329. The molecule has 0 aliphatic carbocycles. The summed E-state index contributed by atoms with van der Waals surface area (Å²) in [4.78, 5) is 14.2. The van der Waals surface area contributed by atoms with E-state index in [1.807, 2.05) is 0 Å². The SMILES string of the molecule is CCCN1CC[CH]CC1C(=O)NCCOC. The van der Waals surface area contributed by atoms with Crippen LogP contribution in [0.1, 0.15) is 26.2 Å². The Bertz CT molecular complexity index is 207. The van der Waals surface area contributed by atoms with Crippen LogP contribution in [0.5, 0.6) is 0 Å². The number of amides is 1. The maximum atomic E-state index is 11.9. The summed E-state index contributed by atoms with van der Waals surface area (Å²) in [5.74, 6) is 0.140.